The molecule has 0 bridgehead atoms. The van der Waals surface area contributed by atoms with Crippen molar-refractivity contribution in [3.63, 3.8) is 0 Å². The molecule has 0 aliphatic carbocycles. The van der Waals surface area contributed by atoms with Crippen molar-refractivity contribution in [2.24, 2.45) is 5.92 Å². The maximum absolute atomic E-state index is 13.0. The van der Waals surface area contributed by atoms with Crippen LogP contribution in [0.1, 0.15) is 12.0 Å². The summed E-state index contributed by atoms with van der Waals surface area (Å²) in [4.78, 5) is 14.5. The van der Waals surface area contributed by atoms with Gasteiger partial charge in [0.1, 0.15) is 5.82 Å². The van der Waals surface area contributed by atoms with Crippen molar-refractivity contribution in [3.8, 4) is 0 Å². The third-order valence-corrected chi connectivity index (χ3v) is 4.09. The van der Waals surface area contributed by atoms with Crippen LogP contribution < -0.4 is 4.90 Å². The number of para-hydroxylation sites is 1. The molecule has 2 aromatic carbocycles. The van der Waals surface area contributed by atoms with Gasteiger partial charge in [-0.2, -0.15) is 0 Å². The van der Waals surface area contributed by atoms with Crippen molar-refractivity contribution < 1.29 is 13.9 Å². The Balaban J connectivity index is 1.76. The van der Waals surface area contributed by atoms with E-state index in [1.54, 1.807) is 23.1 Å². The highest BCUT2D eigenvalue weighted by atomic mass is 19.1. The van der Waals surface area contributed by atoms with Crippen LogP contribution in [0.2, 0.25) is 0 Å². The summed E-state index contributed by atoms with van der Waals surface area (Å²) < 4.78 is 18.4. The zero-order valence-corrected chi connectivity index (χ0v) is 13.4. The minimum Gasteiger partial charge on any atom is -0.381 e. The van der Waals surface area contributed by atoms with E-state index in [0.717, 1.165) is 24.3 Å². The van der Waals surface area contributed by atoms with Crippen LogP contribution >= 0.6 is 0 Å². The standard InChI is InChI=1S/C20H20FNO2/c21-18-9-6-16(7-10-18)8-11-20(23)22(14-17-12-13-24-15-17)19-4-2-1-3-5-19/h1-11,17H,12-15H2/b11-8+/t17-/m1/s1. The first-order valence-corrected chi connectivity index (χ1v) is 8.10. The maximum atomic E-state index is 13.0. The molecule has 1 aliphatic heterocycles. The molecule has 1 aliphatic rings. The Morgan fingerprint density at radius 2 is 1.92 bits per heavy atom. The molecule has 1 amide bonds. The minimum atomic E-state index is -0.286. The van der Waals surface area contributed by atoms with Gasteiger partial charge >= 0.3 is 0 Å². The lowest BCUT2D eigenvalue weighted by molar-refractivity contribution is -0.114. The van der Waals surface area contributed by atoms with E-state index in [1.807, 2.05) is 30.3 Å². The van der Waals surface area contributed by atoms with Crippen LogP contribution in [-0.4, -0.2) is 25.7 Å². The summed E-state index contributed by atoms with van der Waals surface area (Å²) in [5, 5.41) is 0. The molecule has 0 saturated carbocycles. The minimum absolute atomic E-state index is 0.0857. The fourth-order valence-corrected chi connectivity index (χ4v) is 2.75. The van der Waals surface area contributed by atoms with Crippen LogP contribution in [0, 0.1) is 11.7 Å². The Hall–Kier alpha value is -2.46. The molecular formula is C20H20FNO2. The number of hydrogen-bond acceptors (Lipinski definition) is 2. The van der Waals surface area contributed by atoms with Gasteiger partial charge in [-0.3, -0.25) is 4.79 Å². The van der Waals surface area contributed by atoms with Crippen LogP contribution in [0.15, 0.2) is 60.7 Å². The highest BCUT2D eigenvalue weighted by molar-refractivity contribution is 6.03. The quantitative estimate of drug-likeness (QED) is 0.780. The number of nitrogens with zero attached hydrogens (tertiary/aromatic N) is 1. The Bertz CT molecular complexity index is 691. The van der Waals surface area contributed by atoms with Crippen LogP contribution in [0.25, 0.3) is 6.08 Å². The lowest BCUT2D eigenvalue weighted by Crippen LogP contribution is -2.34. The topological polar surface area (TPSA) is 29.5 Å². The van der Waals surface area contributed by atoms with Gasteiger partial charge < -0.3 is 9.64 Å². The Kier molecular flexibility index (Phi) is 5.39. The summed E-state index contributed by atoms with van der Waals surface area (Å²) in [5.41, 5.74) is 1.67. The van der Waals surface area contributed by atoms with E-state index in [2.05, 4.69) is 0 Å². The van der Waals surface area contributed by atoms with E-state index in [1.165, 1.54) is 18.2 Å². The highest BCUT2D eigenvalue weighted by Crippen LogP contribution is 2.20. The van der Waals surface area contributed by atoms with Crippen LogP contribution in [0.3, 0.4) is 0 Å². The van der Waals surface area contributed by atoms with Crippen molar-refractivity contribution in [1.82, 2.24) is 0 Å². The van der Waals surface area contributed by atoms with Crippen molar-refractivity contribution in [1.29, 1.82) is 0 Å². The molecule has 1 saturated heterocycles. The molecule has 0 N–H and O–H groups in total. The molecule has 124 valence electrons. The summed E-state index contributed by atoms with van der Waals surface area (Å²) in [6.07, 6.45) is 4.22. The van der Waals surface area contributed by atoms with Crippen LogP contribution in [0.5, 0.6) is 0 Å². The van der Waals surface area contributed by atoms with Gasteiger partial charge in [-0.1, -0.05) is 30.3 Å². The predicted molar refractivity (Wildman–Crippen MR) is 93.2 cm³/mol. The molecule has 1 fully saturated rings. The summed E-state index contributed by atoms with van der Waals surface area (Å²) in [5.74, 6) is -0.0172. The van der Waals surface area contributed by atoms with E-state index >= 15 is 0 Å². The third-order valence-electron chi connectivity index (χ3n) is 4.09. The molecule has 0 spiro atoms. The van der Waals surface area contributed by atoms with E-state index in [0.29, 0.717) is 19.1 Å². The first-order valence-electron chi connectivity index (χ1n) is 8.10. The number of hydrogen-bond donors (Lipinski definition) is 0. The second kappa shape index (κ2) is 7.88. The molecule has 24 heavy (non-hydrogen) atoms. The summed E-state index contributed by atoms with van der Waals surface area (Å²) >= 11 is 0. The third kappa shape index (κ3) is 4.30. The first kappa shape index (κ1) is 16.4. The molecule has 3 nitrogen and oxygen atoms in total. The van der Waals surface area contributed by atoms with Gasteiger partial charge in [-0.05, 0) is 42.3 Å². The number of carbonyl (C=O) groups is 1. The zero-order valence-electron chi connectivity index (χ0n) is 13.4. The van der Waals surface area contributed by atoms with Gasteiger partial charge in [0.15, 0.2) is 0 Å². The van der Waals surface area contributed by atoms with Crippen molar-refractivity contribution >= 4 is 17.7 Å². The molecule has 1 atom stereocenters. The van der Waals surface area contributed by atoms with Crippen LogP contribution in [0.4, 0.5) is 10.1 Å². The Labute approximate surface area is 141 Å². The lowest BCUT2D eigenvalue weighted by atomic mass is 10.1. The second-order valence-corrected chi connectivity index (χ2v) is 5.90. The van der Waals surface area contributed by atoms with Gasteiger partial charge in [-0.15, -0.1) is 0 Å². The second-order valence-electron chi connectivity index (χ2n) is 5.90. The highest BCUT2D eigenvalue weighted by Gasteiger charge is 2.22. The van der Waals surface area contributed by atoms with Crippen LogP contribution in [-0.2, 0) is 9.53 Å². The number of carbonyl (C=O) groups excluding carboxylic acids is 1. The molecule has 1 heterocycles. The summed E-state index contributed by atoms with van der Waals surface area (Å²) in [7, 11) is 0. The van der Waals surface area contributed by atoms with E-state index in [-0.39, 0.29) is 11.7 Å². The molecule has 0 radical (unpaired) electrons. The van der Waals surface area contributed by atoms with Crippen molar-refractivity contribution in [3.05, 3.63) is 72.1 Å². The first-order chi connectivity index (χ1) is 11.7. The normalized spacial score (nSPS) is 17.3. The van der Waals surface area contributed by atoms with Gasteiger partial charge in [0.25, 0.3) is 5.91 Å². The number of amides is 1. The summed E-state index contributed by atoms with van der Waals surface area (Å²) in [6.45, 7) is 2.09. The molecule has 0 unspecified atom stereocenters. The predicted octanol–water partition coefficient (Wildman–Crippen LogP) is 3.91. The molecule has 0 aromatic heterocycles. The lowest BCUT2D eigenvalue weighted by Gasteiger charge is -2.24. The maximum Gasteiger partial charge on any atom is 0.250 e. The Morgan fingerprint density at radius 1 is 1.17 bits per heavy atom. The monoisotopic (exact) mass is 325 g/mol. The van der Waals surface area contributed by atoms with E-state index < -0.39 is 0 Å². The SMILES string of the molecule is O=C(/C=C/c1ccc(F)cc1)N(C[C@H]1CCOC1)c1ccccc1. The number of anilines is 1. The van der Waals surface area contributed by atoms with Gasteiger partial charge in [0.05, 0.1) is 6.61 Å². The van der Waals surface area contributed by atoms with Crippen molar-refractivity contribution in [2.45, 2.75) is 6.42 Å². The van der Waals surface area contributed by atoms with E-state index in [9.17, 15) is 9.18 Å². The molecule has 3 rings (SSSR count). The average Bonchev–Trinajstić information content (AvgIpc) is 3.13. The summed E-state index contributed by atoms with van der Waals surface area (Å²) in [6, 6.07) is 15.7. The smallest absolute Gasteiger partial charge is 0.250 e. The number of halogens is 1. The Morgan fingerprint density at radius 3 is 2.58 bits per heavy atom. The van der Waals surface area contributed by atoms with Crippen molar-refractivity contribution in [2.75, 3.05) is 24.7 Å². The fraction of sp³-hybridized carbons (Fsp3) is 0.250. The van der Waals surface area contributed by atoms with Gasteiger partial charge in [0, 0.05) is 30.8 Å². The van der Waals surface area contributed by atoms with Gasteiger partial charge in [0.2, 0.25) is 0 Å². The van der Waals surface area contributed by atoms with E-state index in [4.69, 9.17) is 4.74 Å². The average molecular weight is 325 g/mol. The fourth-order valence-electron chi connectivity index (χ4n) is 2.75. The largest absolute Gasteiger partial charge is 0.381 e. The number of rotatable bonds is 5. The molecule has 4 heteroatoms. The van der Waals surface area contributed by atoms with Gasteiger partial charge in [-0.25, -0.2) is 4.39 Å². The number of ether oxygens (including phenoxy) is 1. The molecular weight excluding hydrogens is 305 g/mol. The molecule has 2 aromatic rings. The number of benzene rings is 2. The zero-order chi connectivity index (χ0) is 16.8.